The minimum atomic E-state index is -0.546. The van der Waals surface area contributed by atoms with E-state index in [1.807, 2.05) is 17.5 Å². The lowest BCUT2D eigenvalue weighted by molar-refractivity contribution is -0.108. The van der Waals surface area contributed by atoms with E-state index in [9.17, 15) is 4.79 Å². The Morgan fingerprint density at radius 2 is 2.42 bits per heavy atom. The average Bonchev–Trinajstić information content (AvgIpc) is 2.51. The lowest BCUT2D eigenvalue weighted by atomic mass is 10.3. The van der Waals surface area contributed by atoms with E-state index in [4.69, 9.17) is 11.5 Å². The molecule has 0 spiro atoms. The van der Waals surface area contributed by atoms with Crippen molar-refractivity contribution in [1.29, 1.82) is 0 Å². The number of carbonyl (C=O) groups excluding carboxylic acids is 1. The highest BCUT2D eigenvalue weighted by atomic mass is 32.1. The molecule has 1 unspecified atom stereocenters. The van der Waals surface area contributed by atoms with Crippen molar-refractivity contribution < 1.29 is 4.79 Å². The maximum absolute atomic E-state index is 10.5. The van der Waals surface area contributed by atoms with Gasteiger partial charge in [0, 0.05) is 4.88 Å². The summed E-state index contributed by atoms with van der Waals surface area (Å²) < 4.78 is 0. The molecule has 0 saturated carbocycles. The molecule has 1 rings (SSSR count). The summed E-state index contributed by atoms with van der Waals surface area (Å²) in [5.74, 6) is -0.0690. The van der Waals surface area contributed by atoms with Crippen molar-refractivity contribution in [2.24, 2.45) is 16.5 Å². The largest absolute Gasteiger partial charge is 0.370 e. The second-order valence-corrected chi connectivity index (χ2v) is 3.13. The van der Waals surface area contributed by atoms with Gasteiger partial charge in [-0.1, -0.05) is 6.07 Å². The first-order chi connectivity index (χ1) is 5.74. The summed E-state index contributed by atoms with van der Waals surface area (Å²) in [6, 6.07) is 3.12. The summed E-state index contributed by atoms with van der Waals surface area (Å²) in [5.41, 5.74) is 10.3. The predicted molar refractivity (Wildman–Crippen MR) is 48.9 cm³/mol. The second kappa shape index (κ2) is 3.87. The van der Waals surface area contributed by atoms with E-state index in [1.54, 1.807) is 0 Å². The highest BCUT2D eigenvalue weighted by Gasteiger charge is 2.08. The predicted octanol–water partition coefficient (Wildman–Crippen LogP) is 0.262. The molecule has 0 amide bonds. The molecular formula is C7H9N3OS. The van der Waals surface area contributed by atoms with Gasteiger partial charge in [-0.15, -0.1) is 11.3 Å². The van der Waals surface area contributed by atoms with Crippen LogP contribution < -0.4 is 11.5 Å². The van der Waals surface area contributed by atoms with Crippen LogP contribution in [0.15, 0.2) is 22.5 Å². The first-order valence-electron chi connectivity index (χ1n) is 3.31. The number of thiophene rings is 1. The maximum Gasteiger partial charge on any atom is 0.186 e. The van der Waals surface area contributed by atoms with Gasteiger partial charge >= 0.3 is 0 Å². The van der Waals surface area contributed by atoms with E-state index >= 15 is 0 Å². The third-order valence-corrected chi connectivity index (χ3v) is 2.19. The zero-order chi connectivity index (χ0) is 8.97. The Kier molecular flexibility index (Phi) is 2.82. The molecule has 0 fully saturated rings. The number of guanidine groups is 1. The maximum atomic E-state index is 10.5. The van der Waals surface area contributed by atoms with Gasteiger partial charge in [-0.05, 0) is 11.4 Å². The highest BCUT2D eigenvalue weighted by molar-refractivity contribution is 7.10. The summed E-state index contributed by atoms with van der Waals surface area (Å²) in [6.07, 6.45) is 0.714. The number of aliphatic imine (C=N–C) groups is 1. The summed E-state index contributed by atoms with van der Waals surface area (Å²) in [4.78, 5) is 15.1. The topological polar surface area (TPSA) is 81.5 Å². The van der Waals surface area contributed by atoms with Crippen LogP contribution in [0.1, 0.15) is 10.9 Å². The van der Waals surface area contributed by atoms with Gasteiger partial charge in [0.05, 0.1) is 0 Å². The Balaban J connectivity index is 2.84. The molecule has 0 aliphatic rings. The molecule has 0 aliphatic carbocycles. The van der Waals surface area contributed by atoms with Crippen LogP contribution in [-0.2, 0) is 4.79 Å². The number of nitrogens with two attached hydrogens (primary N) is 2. The second-order valence-electron chi connectivity index (χ2n) is 2.15. The number of aldehydes is 1. The van der Waals surface area contributed by atoms with E-state index in [1.165, 1.54) is 11.3 Å². The smallest absolute Gasteiger partial charge is 0.186 e. The minimum Gasteiger partial charge on any atom is -0.370 e. The molecule has 12 heavy (non-hydrogen) atoms. The van der Waals surface area contributed by atoms with Crippen LogP contribution in [-0.4, -0.2) is 12.2 Å². The van der Waals surface area contributed by atoms with E-state index in [0.717, 1.165) is 4.88 Å². The van der Waals surface area contributed by atoms with E-state index in [2.05, 4.69) is 4.99 Å². The van der Waals surface area contributed by atoms with Crippen LogP contribution in [0.3, 0.4) is 0 Å². The third kappa shape index (κ3) is 2.06. The molecule has 4 nitrogen and oxygen atoms in total. The van der Waals surface area contributed by atoms with Gasteiger partial charge in [0.1, 0.15) is 12.3 Å². The Hall–Kier alpha value is -1.36. The SMILES string of the molecule is NC(N)=NC(C=O)c1cccs1. The lowest BCUT2D eigenvalue weighted by Gasteiger charge is -2.00. The Bertz CT molecular complexity index is 277. The molecule has 0 radical (unpaired) electrons. The highest BCUT2D eigenvalue weighted by Crippen LogP contribution is 2.19. The zero-order valence-electron chi connectivity index (χ0n) is 6.31. The van der Waals surface area contributed by atoms with Crippen molar-refractivity contribution in [3.63, 3.8) is 0 Å². The molecule has 0 aliphatic heterocycles. The van der Waals surface area contributed by atoms with E-state index in [-0.39, 0.29) is 5.96 Å². The molecule has 4 N–H and O–H groups in total. The van der Waals surface area contributed by atoms with Gasteiger partial charge in [0.15, 0.2) is 5.96 Å². The normalized spacial score (nSPS) is 12.0. The van der Waals surface area contributed by atoms with Crippen LogP contribution in [0.25, 0.3) is 0 Å². The fourth-order valence-electron chi connectivity index (χ4n) is 0.781. The van der Waals surface area contributed by atoms with Gasteiger partial charge in [0.25, 0.3) is 0 Å². The van der Waals surface area contributed by atoms with E-state index < -0.39 is 6.04 Å². The molecule has 1 heterocycles. The fraction of sp³-hybridized carbons (Fsp3) is 0.143. The summed E-state index contributed by atoms with van der Waals surface area (Å²) in [5, 5.41) is 1.87. The summed E-state index contributed by atoms with van der Waals surface area (Å²) >= 11 is 1.45. The first kappa shape index (κ1) is 8.73. The van der Waals surface area contributed by atoms with Crippen molar-refractivity contribution in [3.05, 3.63) is 22.4 Å². The standard InChI is InChI=1S/C7H9N3OS/c8-7(9)10-5(4-11)6-2-1-3-12-6/h1-5H,(H4,8,9,10). The van der Waals surface area contributed by atoms with Crippen LogP contribution in [0, 0.1) is 0 Å². The molecule has 64 valence electrons. The van der Waals surface area contributed by atoms with Crippen LogP contribution in [0.5, 0.6) is 0 Å². The molecule has 0 saturated heterocycles. The Labute approximate surface area is 73.9 Å². The van der Waals surface area contributed by atoms with Crippen molar-refractivity contribution in [2.75, 3.05) is 0 Å². The quantitative estimate of drug-likeness (QED) is 0.400. The molecular weight excluding hydrogens is 174 g/mol. The first-order valence-corrected chi connectivity index (χ1v) is 4.19. The van der Waals surface area contributed by atoms with Crippen LogP contribution in [0.2, 0.25) is 0 Å². The van der Waals surface area contributed by atoms with Crippen molar-refractivity contribution in [3.8, 4) is 0 Å². The minimum absolute atomic E-state index is 0.0690. The van der Waals surface area contributed by atoms with Gasteiger partial charge in [0.2, 0.25) is 0 Å². The zero-order valence-corrected chi connectivity index (χ0v) is 7.12. The van der Waals surface area contributed by atoms with Gasteiger partial charge in [-0.2, -0.15) is 0 Å². The Morgan fingerprint density at radius 1 is 1.67 bits per heavy atom. The third-order valence-electron chi connectivity index (χ3n) is 1.25. The molecule has 5 heteroatoms. The van der Waals surface area contributed by atoms with Gasteiger partial charge < -0.3 is 16.3 Å². The molecule has 0 aromatic carbocycles. The van der Waals surface area contributed by atoms with E-state index in [0.29, 0.717) is 6.29 Å². The molecule has 1 aromatic rings. The molecule has 0 bridgehead atoms. The lowest BCUT2D eigenvalue weighted by Crippen LogP contribution is -2.23. The van der Waals surface area contributed by atoms with Gasteiger partial charge in [-0.25, -0.2) is 4.99 Å². The van der Waals surface area contributed by atoms with Crippen molar-refractivity contribution >= 4 is 23.6 Å². The molecule has 1 atom stereocenters. The number of carbonyl (C=O) groups is 1. The fourth-order valence-corrected chi connectivity index (χ4v) is 1.50. The number of hydrogen-bond donors (Lipinski definition) is 2. The van der Waals surface area contributed by atoms with Gasteiger partial charge in [-0.3, -0.25) is 0 Å². The van der Waals surface area contributed by atoms with Crippen molar-refractivity contribution in [1.82, 2.24) is 0 Å². The van der Waals surface area contributed by atoms with Crippen LogP contribution in [0.4, 0.5) is 0 Å². The van der Waals surface area contributed by atoms with Crippen molar-refractivity contribution in [2.45, 2.75) is 6.04 Å². The number of rotatable bonds is 3. The monoisotopic (exact) mass is 183 g/mol. The average molecular weight is 183 g/mol. The number of nitrogens with zero attached hydrogens (tertiary/aromatic N) is 1. The summed E-state index contributed by atoms with van der Waals surface area (Å²) in [6.45, 7) is 0. The Morgan fingerprint density at radius 3 is 2.83 bits per heavy atom. The van der Waals surface area contributed by atoms with Crippen LogP contribution >= 0.6 is 11.3 Å². The number of hydrogen-bond acceptors (Lipinski definition) is 3. The summed E-state index contributed by atoms with van der Waals surface area (Å²) in [7, 11) is 0. The molecule has 1 aromatic heterocycles.